The Kier molecular flexibility index (Phi) is 5.61. The second-order valence-corrected chi connectivity index (χ2v) is 6.77. The first kappa shape index (κ1) is 18.0. The molecule has 8 heteroatoms. The molecule has 128 valence electrons. The van der Waals surface area contributed by atoms with E-state index in [1.165, 1.54) is 0 Å². The molecule has 0 bridgehead atoms. The fraction of sp³-hybridized carbons (Fsp3) is 0.375. The molecule has 1 aromatic heterocycles. The molecule has 1 aromatic carbocycles. The number of imide groups is 1. The number of fused-ring (bicyclic) bond motifs is 1. The van der Waals surface area contributed by atoms with Crippen molar-refractivity contribution in [2.45, 2.75) is 43.6 Å². The average Bonchev–Trinajstić information content (AvgIpc) is 2.54. The van der Waals surface area contributed by atoms with E-state index in [1.54, 1.807) is 35.8 Å². The highest BCUT2D eigenvalue weighted by Gasteiger charge is 2.21. The molecule has 0 spiro atoms. The lowest BCUT2D eigenvalue weighted by molar-refractivity contribution is -0.119. The van der Waals surface area contributed by atoms with E-state index in [0.717, 1.165) is 18.2 Å². The van der Waals surface area contributed by atoms with E-state index >= 15 is 0 Å². The lowest BCUT2D eigenvalue weighted by atomic mass is 10.2. The van der Waals surface area contributed by atoms with Gasteiger partial charge in [-0.05, 0) is 32.4 Å². The second kappa shape index (κ2) is 7.48. The van der Waals surface area contributed by atoms with Gasteiger partial charge in [-0.3, -0.25) is 19.5 Å². The van der Waals surface area contributed by atoms with Crippen LogP contribution in [0.2, 0.25) is 0 Å². The number of primary amides is 1. The Labute approximate surface area is 143 Å². The van der Waals surface area contributed by atoms with Gasteiger partial charge in [-0.1, -0.05) is 30.8 Å². The van der Waals surface area contributed by atoms with Gasteiger partial charge in [0.2, 0.25) is 5.91 Å². The third-order valence-electron chi connectivity index (χ3n) is 3.70. The van der Waals surface area contributed by atoms with E-state index in [4.69, 9.17) is 5.73 Å². The number of aromatic nitrogens is 2. The Morgan fingerprint density at radius 3 is 2.62 bits per heavy atom. The normalized spacial score (nSPS) is 13.5. The number of hydrogen-bond acceptors (Lipinski definition) is 5. The van der Waals surface area contributed by atoms with Crippen LogP contribution in [0.1, 0.15) is 33.2 Å². The van der Waals surface area contributed by atoms with Gasteiger partial charge in [0.1, 0.15) is 0 Å². The van der Waals surface area contributed by atoms with Gasteiger partial charge in [0, 0.05) is 6.04 Å². The van der Waals surface area contributed by atoms with Crippen LogP contribution in [0.15, 0.2) is 34.2 Å². The van der Waals surface area contributed by atoms with E-state index in [0.29, 0.717) is 16.1 Å². The lowest BCUT2D eigenvalue weighted by Gasteiger charge is -2.19. The number of carbonyl (C=O) groups excluding carboxylic acids is 2. The summed E-state index contributed by atoms with van der Waals surface area (Å²) in [7, 11) is 0. The van der Waals surface area contributed by atoms with Gasteiger partial charge in [0.15, 0.2) is 5.16 Å². The van der Waals surface area contributed by atoms with Crippen molar-refractivity contribution in [3.05, 3.63) is 34.6 Å². The first-order valence-electron chi connectivity index (χ1n) is 7.63. The number of nitrogens with two attached hydrogens (primary N) is 1. The van der Waals surface area contributed by atoms with E-state index < -0.39 is 17.2 Å². The van der Waals surface area contributed by atoms with Crippen LogP contribution < -0.4 is 16.6 Å². The summed E-state index contributed by atoms with van der Waals surface area (Å²) >= 11 is 1.13. The van der Waals surface area contributed by atoms with Crippen molar-refractivity contribution in [2.24, 2.45) is 5.73 Å². The van der Waals surface area contributed by atoms with E-state index in [-0.39, 0.29) is 11.6 Å². The molecule has 0 saturated heterocycles. The number of amides is 3. The van der Waals surface area contributed by atoms with Crippen LogP contribution in [0.3, 0.4) is 0 Å². The number of hydrogen-bond donors (Lipinski definition) is 2. The summed E-state index contributed by atoms with van der Waals surface area (Å²) in [5, 5.41) is 2.40. The maximum atomic E-state index is 12.8. The van der Waals surface area contributed by atoms with Crippen molar-refractivity contribution in [2.75, 3.05) is 0 Å². The number of thioether (sulfide) groups is 1. The molecule has 2 rings (SSSR count). The van der Waals surface area contributed by atoms with Gasteiger partial charge in [-0.15, -0.1) is 0 Å². The van der Waals surface area contributed by atoms with Crippen molar-refractivity contribution in [3.63, 3.8) is 0 Å². The van der Waals surface area contributed by atoms with Gasteiger partial charge in [-0.2, -0.15) is 0 Å². The maximum absolute atomic E-state index is 12.8. The van der Waals surface area contributed by atoms with Crippen LogP contribution in [-0.4, -0.2) is 26.7 Å². The topological polar surface area (TPSA) is 107 Å². The van der Waals surface area contributed by atoms with E-state index in [9.17, 15) is 14.4 Å². The Balaban J connectivity index is 2.49. The van der Waals surface area contributed by atoms with Crippen LogP contribution >= 0.6 is 11.8 Å². The van der Waals surface area contributed by atoms with Crippen molar-refractivity contribution in [3.8, 4) is 0 Å². The number of para-hydroxylation sites is 1. The summed E-state index contributed by atoms with van der Waals surface area (Å²) in [6.07, 6.45) is 0.745. The highest BCUT2D eigenvalue weighted by Crippen LogP contribution is 2.25. The molecule has 0 saturated carbocycles. The van der Waals surface area contributed by atoms with E-state index in [2.05, 4.69) is 4.98 Å². The summed E-state index contributed by atoms with van der Waals surface area (Å²) in [5.41, 5.74) is 5.41. The molecule has 3 amide bonds. The Morgan fingerprint density at radius 1 is 1.33 bits per heavy atom. The third-order valence-corrected chi connectivity index (χ3v) is 4.77. The lowest BCUT2D eigenvalue weighted by Crippen LogP contribution is -2.39. The summed E-state index contributed by atoms with van der Waals surface area (Å²) in [6.45, 7) is 5.53. The molecule has 2 aromatic rings. The van der Waals surface area contributed by atoms with Crippen molar-refractivity contribution < 1.29 is 9.59 Å². The molecule has 0 fully saturated rings. The van der Waals surface area contributed by atoms with Crippen LogP contribution in [0.5, 0.6) is 0 Å². The summed E-state index contributed by atoms with van der Waals surface area (Å²) < 4.78 is 1.60. The van der Waals surface area contributed by atoms with Gasteiger partial charge in [0.25, 0.3) is 5.56 Å². The Bertz CT molecular complexity index is 834. The minimum Gasteiger partial charge on any atom is -0.351 e. The average molecular weight is 348 g/mol. The molecule has 1 heterocycles. The maximum Gasteiger partial charge on any atom is 0.318 e. The SMILES string of the molecule is CCC(C)n1c(SC(C)C(=O)NC(N)=O)nc2ccccc2c1=O. The fourth-order valence-electron chi connectivity index (χ4n) is 2.21. The van der Waals surface area contributed by atoms with Gasteiger partial charge in [0.05, 0.1) is 16.2 Å². The standard InChI is InChI=1S/C16H20N4O3S/c1-4-9(2)20-14(22)11-7-5-6-8-12(11)18-16(20)24-10(3)13(21)19-15(17)23/h5-10H,4H2,1-3H3,(H3,17,19,21,23). The first-order chi connectivity index (χ1) is 11.3. The summed E-state index contributed by atoms with van der Waals surface area (Å²) in [4.78, 5) is 40.1. The molecule has 2 atom stereocenters. The van der Waals surface area contributed by atoms with Crippen LogP contribution in [0, 0.1) is 0 Å². The molecular formula is C16H20N4O3S. The minimum atomic E-state index is -0.904. The van der Waals surface area contributed by atoms with Crippen LogP contribution in [-0.2, 0) is 4.79 Å². The van der Waals surface area contributed by atoms with Crippen LogP contribution in [0.4, 0.5) is 4.79 Å². The molecule has 0 radical (unpaired) electrons. The summed E-state index contributed by atoms with van der Waals surface area (Å²) in [5.74, 6) is -0.523. The molecule has 7 nitrogen and oxygen atoms in total. The van der Waals surface area contributed by atoms with E-state index in [1.807, 2.05) is 19.2 Å². The zero-order valence-corrected chi connectivity index (χ0v) is 14.6. The highest BCUT2D eigenvalue weighted by molar-refractivity contribution is 8.00. The Morgan fingerprint density at radius 2 is 2.00 bits per heavy atom. The largest absolute Gasteiger partial charge is 0.351 e. The van der Waals surface area contributed by atoms with Crippen molar-refractivity contribution in [1.82, 2.24) is 14.9 Å². The minimum absolute atomic E-state index is 0.0662. The van der Waals surface area contributed by atoms with Crippen LogP contribution in [0.25, 0.3) is 10.9 Å². The number of benzene rings is 1. The predicted molar refractivity (Wildman–Crippen MR) is 94.1 cm³/mol. The fourth-order valence-corrected chi connectivity index (χ4v) is 3.22. The van der Waals surface area contributed by atoms with Gasteiger partial charge in [-0.25, -0.2) is 9.78 Å². The number of nitrogens with one attached hydrogen (secondary N) is 1. The molecule has 0 aliphatic carbocycles. The highest BCUT2D eigenvalue weighted by atomic mass is 32.2. The smallest absolute Gasteiger partial charge is 0.318 e. The van der Waals surface area contributed by atoms with Crippen molar-refractivity contribution >= 4 is 34.6 Å². The number of urea groups is 1. The molecule has 3 N–H and O–H groups in total. The molecule has 2 unspecified atom stereocenters. The van der Waals surface area contributed by atoms with Gasteiger partial charge < -0.3 is 5.73 Å². The quantitative estimate of drug-likeness (QED) is 0.635. The second-order valence-electron chi connectivity index (χ2n) is 5.46. The molecular weight excluding hydrogens is 328 g/mol. The monoisotopic (exact) mass is 348 g/mol. The summed E-state index contributed by atoms with van der Waals surface area (Å²) in [6, 6.07) is 6.13. The van der Waals surface area contributed by atoms with Gasteiger partial charge >= 0.3 is 6.03 Å². The molecule has 24 heavy (non-hydrogen) atoms. The number of rotatable bonds is 5. The first-order valence-corrected chi connectivity index (χ1v) is 8.51. The predicted octanol–water partition coefficient (Wildman–Crippen LogP) is 2.04. The third kappa shape index (κ3) is 3.76. The van der Waals surface area contributed by atoms with Crippen molar-refractivity contribution in [1.29, 1.82) is 0 Å². The molecule has 0 aliphatic heterocycles. The zero-order chi connectivity index (χ0) is 17.9. The number of nitrogens with zero attached hydrogens (tertiary/aromatic N) is 2. The zero-order valence-electron chi connectivity index (χ0n) is 13.8. The Hall–Kier alpha value is -2.35. The number of carbonyl (C=O) groups is 2. The molecule has 0 aliphatic rings.